The van der Waals surface area contributed by atoms with E-state index in [-0.39, 0.29) is 28.8 Å². The summed E-state index contributed by atoms with van der Waals surface area (Å²) in [6.07, 6.45) is 3.14. The molecule has 3 aromatic rings. The van der Waals surface area contributed by atoms with E-state index in [1.54, 1.807) is 20.4 Å². The third kappa shape index (κ3) is 4.52. The number of ether oxygens (including phenoxy) is 1. The molecule has 1 aromatic heterocycles. The number of benzene rings is 2. The maximum absolute atomic E-state index is 14.3. The highest BCUT2D eigenvalue weighted by Crippen LogP contribution is 2.27. The minimum atomic E-state index is -0.749. The Balaban J connectivity index is 1.43. The van der Waals surface area contributed by atoms with Crippen molar-refractivity contribution in [2.75, 3.05) is 25.1 Å². The number of aryl methyl sites for hydroxylation is 1. The van der Waals surface area contributed by atoms with Crippen LogP contribution in [0.25, 0.3) is 11.3 Å². The summed E-state index contributed by atoms with van der Waals surface area (Å²) in [5.41, 5.74) is 1.69. The molecule has 0 unspecified atom stereocenters. The Labute approximate surface area is 179 Å². The quantitative estimate of drug-likeness (QED) is 0.675. The minimum Gasteiger partial charge on any atom is -0.497 e. The average Bonchev–Trinajstić information content (AvgIpc) is 3.16. The fourth-order valence-electron chi connectivity index (χ4n) is 3.87. The lowest BCUT2D eigenvalue weighted by molar-refractivity contribution is 0.0931. The van der Waals surface area contributed by atoms with Gasteiger partial charge in [-0.2, -0.15) is 5.10 Å². The summed E-state index contributed by atoms with van der Waals surface area (Å²) < 4.78 is 34.2. The Morgan fingerprint density at radius 1 is 1.13 bits per heavy atom. The van der Waals surface area contributed by atoms with Gasteiger partial charge in [-0.3, -0.25) is 9.48 Å². The van der Waals surface area contributed by atoms with Crippen LogP contribution >= 0.6 is 0 Å². The van der Waals surface area contributed by atoms with Crippen LogP contribution in [0, 0.1) is 11.6 Å². The summed E-state index contributed by atoms with van der Waals surface area (Å²) in [6, 6.07) is 11.2. The minimum absolute atomic E-state index is 0.00752. The highest BCUT2D eigenvalue weighted by atomic mass is 19.1. The molecular weight excluding hydrogens is 402 g/mol. The second-order valence-electron chi connectivity index (χ2n) is 7.62. The number of nitrogens with one attached hydrogen (secondary N) is 1. The lowest BCUT2D eigenvalue weighted by Gasteiger charge is -2.34. The van der Waals surface area contributed by atoms with Gasteiger partial charge in [0.2, 0.25) is 0 Å². The molecule has 0 atom stereocenters. The predicted octanol–water partition coefficient (Wildman–Crippen LogP) is 3.77. The normalized spacial score (nSPS) is 14.5. The molecule has 1 aliphatic rings. The number of rotatable bonds is 5. The van der Waals surface area contributed by atoms with Crippen molar-refractivity contribution in [2.24, 2.45) is 7.05 Å². The molecule has 1 aliphatic heterocycles. The number of carbonyl (C=O) groups excluding carboxylic acids is 1. The molecule has 0 saturated carbocycles. The number of carbonyl (C=O) groups is 1. The van der Waals surface area contributed by atoms with Crippen molar-refractivity contribution in [3.05, 3.63) is 65.9 Å². The number of piperidine rings is 1. The fraction of sp³-hybridized carbons (Fsp3) is 0.304. The second kappa shape index (κ2) is 8.75. The van der Waals surface area contributed by atoms with Gasteiger partial charge in [0, 0.05) is 49.7 Å². The molecule has 0 spiro atoms. The summed E-state index contributed by atoms with van der Waals surface area (Å²) in [6.45, 7) is 1.62. The van der Waals surface area contributed by atoms with Crippen molar-refractivity contribution in [3.8, 4) is 17.0 Å². The number of amides is 1. The summed E-state index contributed by atoms with van der Waals surface area (Å²) in [5, 5.41) is 7.27. The van der Waals surface area contributed by atoms with Gasteiger partial charge in [0.25, 0.3) is 5.91 Å². The van der Waals surface area contributed by atoms with Crippen LogP contribution in [0.1, 0.15) is 23.2 Å². The molecule has 1 amide bonds. The van der Waals surface area contributed by atoms with E-state index < -0.39 is 11.6 Å². The van der Waals surface area contributed by atoms with E-state index in [1.165, 1.54) is 10.7 Å². The number of halogens is 2. The highest BCUT2D eigenvalue weighted by molar-refractivity contribution is 6.00. The molecule has 162 valence electrons. The number of nitrogens with zero attached hydrogens (tertiary/aromatic N) is 3. The predicted molar refractivity (Wildman–Crippen MR) is 114 cm³/mol. The number of hydrogen-bond acceptors (Lipinski definition) is 4. The van der Waals surface area contributed by atoms with E-state index in [0.29, 0.717) is 0 Å². The zero-order valence-corrected chi connectivity index (χ0v) is 17.4. The van der Waals surface area contributed by atoms with E-state index >= 15 is 0 Å². The van der Waals surface area contributed by atoms with Gasteiger partial charge in [0.05, 0.1) is 12.7 Å². The molecule has 8 heteroatoms. The molecule has 1 fully saturated rings. The van der Waals surface area contributed by atoms with Gasteiger partial charge in [-0.15, -0.1) is 0 Å². The number of hydrogen-bond donors (Lipinski definition) is 1. The summed E-state index contributed by atoms with van der Waals surface area (Å²) >= 11 is 0. The Hall–Kier alpha value is -3.42. The maximum Gasteiger partial charge on any atom is 0.255 e. The van der Waals surface area contributed by atoms with Crippen LogP contribution in [0.4, 0.5) is 14.5 Å². The van der Waals surface area contributed by atoms with Gasteiger partial charge in [0.1, 0.15) is 23.1 Å². The Morgan fingerprint density at radius 3 is 2.48 bits per heavy atom. The van der Waals surface area contributed by atoms with Crippen LogP contribution in [0.3, 0.4) is 0 Å². The third-order valence-corrected chi connectivity index (χ3v) is 5.53. The Morgan fingerprint density at radius 2 is 1.84 bits per heavy atom. The topological polar surface area (TPSA) is 59.4 Å². The van der Waals surface area contributed by atoms with Gasteiger partial charge in [-0.25, -0.2) is 8.78 Å². The van der Waals surface area contributed by atoms with Crippen molar-refractivity contribution >= 4 is 11.6 Å². The molecule has 31 heavy (non-hydrogen) atoms. The van der Waals surface area contributed by atoms with Gasteiger partial charge in [-0.1, -0.05) is 0 Å². The molecule has 0 bridgehead atoms. The first kappa shape index (κ1) is 20.8. The standard InChI is InChI=1S/C23H24F2N4O2/c1-28-14-20(22(27-28)19-8-3-15(24)13-21(19)25)23(30)26-16-9-11-29(12-10-16)17-4-6-18(31-2)7-5-17/h3-8,13-14,16H,9-12H2,1-2H3,(H,26,30). The Bertz CT molecular complexity index is 1070. The number of anilines is 1. The number of methoxy groups -OCH3 is 1. The van der Waals surface area contributed by atoms with Gasteiger partial charge in [-0.05, 0) is 49.2 Å². The SMILES string of the molecule is COc1ccc(N2CCC(NC(=O)c3cn(C)nc3-c3ccc(F)cc3F)CC2)cc1. The van der Waals surface area contributed by atoms with E-state index in [1.807, 2.05) is 24.3 Å². The van der Waals surface area contributed by atoms with Crippen LogP contribution in [-0.4, -0.2) is 41.9 Å². The molecule has 1 N–H and O–H groups in total. The first-order valence-corrected chi connectivity index (χ1v) is 10.1. The largest absolute Gasteiger partial charge is 0.497 e. The first-order chi connectivity index (χ1) is 14.9. The molecule has 6 nitrogen and oxygen atoms in total. The lowest BCUT2D eigenvalue weighted by atomic mass is 10.0. The number of aromatic nitrogens is 2. The van der Waals surface area contributed by atoms with Gasteiger partial charge >= 0.3 is 0 Å². The smallest absolute Gasteiger partial charge is 0.255 e. The van der Waals surface area contributed by atoms with Crippen LogP contribution in [0.2, 0.25) is 0 Å². The van der Waals surface area contributed by atoms with E-state index in [4.69, 9.17) is 4.74 Å². The van der Waals surface area contributed by atoms with Crippen molar-refractivity contribution in [1.82, 2.24) is 15.1 Å². The molecule has 1 saturated heterocycles. The highest BCUT2D eigenvalue weighted by Gasteiger charge is 2.25. The monoisotopic (exact) mass is 426 g/mol. The molecule has 4 rings (SSSR count). The first-order valence-electron chi connectivity index (χ1n) is 10.1. The average molecular weight is 426 g/mol. The van der Waals surface area contributed by atoms with Crippen LogP contribution in [0.5, 0.6) is 5.75 Å². The van der Waals surface area contributed by atoms with Crippen LogP contribution in [0.15, 0.2) is 48.7 Å². The van der Waals surface area contributed by atoms with Gasteiger partial charge < -0.3 is 15.0 Å². The second-order valence-corrected chi connectivity index (χ2v) is 7.62. The molecular formula is C23H24F2N4O2. The maximum atomic E-state index is 14.3. The van der Waals surface area contributed by atoms with Crippen molar-refractivity contribution < 1.29 is 18.3 Å². The molecule has 0 radical (unpaired) electrons. The summed E-state index contributed by atoms with van der Waals surface area (Å²) in [7, 11) is 3.30. The fourth-order valence-corrected chi connectivity index (χ4v) is 3.87. The molecule has 0 aliphatic carbocycles. The van der Waals surface area contributed by atoms with Gasteiger partial charge in [0.15, 0.2) is 0 Å². The summed E-state index contributed by atoms with van der Waals surface area (Å²) in [5.74, 6) is -0.919. The Kier molecular flexibility index (Phi) is 5.88. The summed E-state index contributed by atoms with van der Waals surface area (Å²) in [4.78, 5) is 15.2. The lowest BCUT2D eigenvalue weighted by Crippen LogP contribution is -2.44. The van der Waals surface area contributed by atoms with Crippen LogP contribution in [-0.2, 0) is 7.05 Å². The van der Waals surface area contributed by atoms with Crippen molar-refractivity contribution in [1.29, 1.82) is 0 Å². The van der Waals surface area contributed by atoms with E-state index in [2.05, 4.69) is 15.3 Å². The molecule has 2 heterocycles. The zero-order chi connectivity index (χ0) is 22.0. The van der Waals surface area contributed by atoms with Crippen molar-refractivity contribution in [3.63, 3.8) is 0 Å². The van der Waals surface area contributed by atoms with Crippen molar-refractivity contribution in [2.45, 2.75) is 18.9 Å². The van der Waals surface area contributed by atoms with E-state index in [0.717, 1.165) is 49.5 Å². The zero-order valence-electron chi connectivity index (χ0n) is 17.4. The van der Waals surface area contributed by atoms with Crippen LogP contribution < -0.4 is 15.0 Å². The van der Waals surface area contributed by atoms with E-state index in [9.17, 15) is 13.6 Å². The molecule has 2 aromatic carbocycles. The third-order valence-electron chi connectivity index (χ3n) is 5.53.